The SMILES string of the molecule is O=C(Oc1ccccc1C=NNC(=O)c1[nH]c2c(I)cccc2c1-c1ccccc1Cl)c1ccco1. The van der Waals surface area contributed by atoms with Crippen molar-refractivity contribution in [1.82, 2.24) is 10.4 Å². The number of nitrogens with one attached hydrogen (secondary N) is 2. The third-order valence-corrected chi connectivity index (χ3v) is 6.60. The summed E-state index contributed by atoms with van der Waals surface area (Å²) in [6.07, 6.45) is 2.80. The van der Waals surface area contributed by atoms with Crippen LogP contribution in [0.3, 0.4) is 0 Å². The molecule has 0 unspecified atom stereocenters. The molecular weight excluding hydrogens is 593 g/mol. The van der Waals surface area contributed by atoms with Crippen molar-refractivity contribution in [3.63, 3.8) is 0 Å². The highest BCUT2D eigenvalue weighted by molar-refractivity contribution is 14.1. The van der Waals surface area contributed by atoms with Gasteiger partial charge in [-0.3, -0.25) is 4.79 Å². The van der Waals surface area contributed by atoms with E-state index in [4.69, 9.17) is 20.8 Å². The summed E-state index contributed by atoms with van der Waals surface area (Å²) >= 11 is 8.71. The number of amides is 1. The van der Waals surface area contributed by atoms with Gasteiger partial charge in [-0.25, -0.2) is 10.2 Å². The maximum atomic E-state index is 13.2. The first-order valence-electron chi connectivity index (χ1n) is 10.8. The Kier molecular flexibility index (Phi) is 6.88. The van der Waals surface area contributed by atoms with Gasteiger partial charge >= 0.3 is 5.97 Å². The van der Waals surface area contributed by atoms with Gasteiger partial charge < -0.3 is 14.1 Å². The fourth-order valence-electron chi connectivity index (χ4n) is 3.74. The van der Waals surface area contributed by atoms with E-state index in [1.807, 2.05) is 36.4 Å². The van der Waals surface area contributed by atoms with Gasteiger partial charge in [0.1, 0.15) is 11.4 Å². The number of rotatable bonds is 6. The fourth-order valence-corrected chi connectivity index (χ4v) is 4.60. The predicted molar refractivity (Wildman–Crippen MR) is 147 cm³/mol. The Morgan fingerprint density at radius 1 is 1.00 bits per heavy atom. The number of furan rings is 1. The average Bonchev–Trinajstić information content (AvgIpc) is 3.55. The average molecular weight is 610 g/mol. The number of aromatic nitrogens is 1. The molecule has 0 saturated carbocycles. The van der Waals surface area contributed by atoms with Gasteiger partial charge in [0.15, 0.2) is 0 Å². The van der Waals surface area contributed by atoms with Crippen LogP contribution in [0.25, 0.3) is 22.0 Å². The number of benzene rings is 3. The summed E-state index contributed by atoms with van der Waals surface area (Å²) in [6, 6.07) is 23.1. The third kappa shape index (κ3) is 4.77. The molecule has 0 aliphatic carbocycles. The lowest BCUT2D eigenvalue weighted by atomic mass is 10.0. The second kappa shape index (κ2) is 10.4. The number of para-hydroxylation sites is 2. The number of halogens is 2. The van der Waals surface area contributed by atoms with Crippen LogP contribution in [-0.2, 0) is 0 Å². The van der Waals surface area contributed by atoms with E-state index in [9.17, 15) is 9.59 Å². The van der Waals surface area contributed by atoms with E-state index in [-0.39, 0.29) is 11.5 Å². The van der Waals surface area contributed by atoms with Crippen LogP contribution in [0.4, 0.5) is 0 Å². The van der Waals surface area contributed by atoms with Crippen molar-refractivity contribution >= 4 is 63.2 Å². The maximum absolute atomic E-state index is 13.2. The summed E-state index contributed by atoms with van der Waals surface area (Å²) in [5.74, 6) is -0.732. The molecule has 1 amide bonds. The molecule has 5 rings (SSSR count). The first kappa shape index (κ1) is 23.8. The normalized spacial score (nSPS) is 11.2. The maximum Gasteiger partial charge on any atom is 0.379 e. The van der Waals surface area contributed by atoms with Crippen molar-refractivity contribution in [1.29, 1.82) is 0 Å². The van der Waals surface area contributed by atoms with Gasteiger partial charge in [0.05, 0.1) is 18.0 Å². The van der Waals surface area contributed by atoms with E-state index in [0.29, 0.717) is 21.8 Å². The zero-order valence-corrected chi connectivity index (χ0v) is 21.4. The number of hydrogen-bond acceptors (Lipinski definition) is 5. The van der Waals surface area contributed by atoms with Gasteiger partial charge in [-0.05, 0) is 59.0 Å². The Hall–Kier alpha value is -3.89. The highest BCUT2D eigenvalue weighted by atomic mass is 127. The zero-order chi connectivity index (χ0) is 25.1. The molecular formula is C27H17ClIN3O4. The molecule has 0 aliphatic heterocycles. The Labute approximate surface area is 224 Å². The van der Waals surface area contributed by atoms with Gasteiger partial charge in [0.25, 0.3) is 5.91 Å². The van der Waals surface area contributed by atoms with Crippen LogP contribution in [-0.4, -0.2) is 23.1 Å². The summed E-state index contributed by atoms with van der Waals surface area (Å²) in [7, 11) is 0. The van der Waals surface area contributed by atoms with Crippen LogP contribution in [0, 0.1) is 3.57 Å². The Morgan fingerprint density at radius 2 is 1.81 bits per heavy atom. The number of fused-ring (bicyclic) bond motifs is 1. The lowest BCUT2D eigenvalue weighted by molar-refractivity contribution is 0.0701. The number of carbonyl (C=O) groups is 2. The van der Waals surface area contributed by atoms with Crippen LogP contribution in [0.5, 0.6) is 5.75 Å². The molecule has 0 bridgehead atoms. The van der Waals surface area contributed by atoms with Crippen molar-refractivity contribution in [3.8, 4) is 16.9 Å². The minimum absolute atomic E-state index is 0.0793. The molecule has 0 aliphatic rings. The number of H-pyrrole nitrogens is 1. The Morgan fingerprint density at radius 3 is 2.61 bits per heavy atom. The van der Waals surface area contributed by atoms with Crippen molar-refractivity contribution in [2.24, 2.45) is 5.10 Å². The van der Waals surface area contributed by atoms with Crippen LogP contribution in [0.2, 0.25) is 5.02 Å². The van der Waals surface area contributed by atoms with E-state index in [1.165, 1.54) is 18.5 Å². The molecule has 5 aromatic rings. The van der Waals surface area contributed by atoms with Crippen molar-refractivity contribution in [2.75, 3.05) is 0 Å². The van der Waals surface area contributed by atoms with Crippen LogP contribution >= 0.6 is 34.2 Å². The van der Waals surface area contributed by atoms with Crippen molar-refractivity contribution in [3.05, 3.63) is 111 Å². The van der Waals surface area contributed by atoms with E-state index in [1.54, 1.807) is 36.4 Å². The standard InChI is InChI=1S/C27H17ClIN3O4/c28-19-10-3-2-8-17(19)23-18-9-5-11-20(29)24(18)31-25(23)26(33)32-30-15-16-7-1-4-12-21(16)36-27(34)22-13-6-14-35-22/h1-15,31H,(H,32,33). The molecule has 2 N–H and O–H groups in total. The number of hydrogen-bond donors (Lipinski definition) is 2. The van der Waals surface area contributed by atoms with Crippen LogP contribution < -0.4 is 10.2 Å². The summed E-state index contributed by atoms with van der Waals surface area (Å²) in [6.45, 7) is 0. The smallest absolute Gasteiger partial charge is 0.379 e. The molecule has 178 valence electrons. The molecule has 7 nitrogen and oxygen atoms in total. The number of aromatic amines is 1. The Balaban J connectivity index is 1.43. The van der Waals surface area contributed by atoms with Crippen molar-refractivity contribution in [2.45, 2.75) is 0 Å². The zero-order valence-electron chi connectivity index (χ0n) is 18.5. The molecule has 2 heterocycles. The molecule has 0 radical (unpaired) electrons. The van der Waals surface area contributed by atoms with Gasteiger partial charge in [0, 0.05) is 30.7 Å². The summed E-state index contributed by atoms with van der Waals surface area (Å²) in [4.78, 5) is 28.7. The molecule has 0 fully saturated rings. The van der Waals surface area contributed by atoms with E-state index in [2.05, 4.69) is 38.1 Å². The van der Waals surface area contributed by atoms with E-state index >= 15 is 0 Å². The molecule has 0 saturated heterocycles. The fraction of sp³-hybridized carbons (Fsp3) is 0. The molecule has 9 heteroatoms. The summed E-state index contributed by atoms with van der Waals surface area (Å²) in [5.41, 5.74) is 5.64. The van der Waals surface area contributed by atoms with Crippen LogP contribution in [0.15, 0.2) is 94.6 Å². The second-order valence-electron chi connectivity index (χ2n) is 7.62. The van der Waals surface area contributed by atoms with Crippen LogP contribution in [0.1, 0.15) is 26.6 Å². The number of nitrogens with zero attached hydrogens (tertiary/aromatic N) is 1. The van der Waals surface area contributed by atoms with Gasteiger partial charge in [-0.2, -0.15) is 5.10 Å². The lowest BCUT2D eigenvalue weighted by Gasteiger charge is -2.07. The largest absolute Gasteiger partial charge is 0.457 e. The van der Waals surface area contributed by atoms with E-state index in [0.717, 1.165) is 20.0 Å². The highest BCUT2D eigenvalue weighted by Gasteiger charge is 2.21. The first-order valence-corrected chi connectivity index (χ1v) is 12.2. The minimum atomic E-state index is -0.637. The highest BCUT2D eigenvalue weighted by Crippen LogP contribution is 2.37. The summed E-state index contributed by atoms with van der Waals surface area (Å²) < 4.78 is 11.5. The number of ether oxygens (including phenoxy) is 1. The quantitative estimate of drug-likeness (QED) is 0.0739. The number of carbonyl (C=O) groups excluding carboxylic acids is 2. The third-order valence-electron chi connectivity index (χ3n) is 5.37. The predicted octanol–water partition coefficient (Wildman–Crippen LogP) is 6.67. The molecule has 0 atom stereocenters. The number of esters is 1. The van der Waals surface area contributed by atoms with Gasteiger partial charge in [-0.15, -0.1) is 0 Å². The molecule has 0 spiro atoms. The number of hydrazone groups is 1. The topological polar surface area (TPSA) is 96.7 Å². The van der Waals surface area contributed by atoms with Gasteiger partial charge in [-0.1, -0.05) is 54.1 Å². The minimum Gasteiger partial charge on any atom is -0.457 e. The first-order chi connectivity index (χ1) is 17.5. The van der Waals surface area contributed by atoms with Gasteiger partial charge in [0.2, 0.25) is 5.76 Å². The summed E-state index contributed by atoms with van der Waals surface area (Å²) in [5, 5.41) is 5.51. The Bertz CT molecular complexity index is 1610. The molecule has 2 aromatic heterocycles. The van der Waals surface area contributed by atoms with Crippen molar-refractivity contribution < 1.29 is 18.7 Å². The molecule has 3 aromatic carbocycles. The lowest BCUT2D eigenvalue weighted by Crippen LogP contribution is -2.19. The second-order valence-corrected chi connectivity index (χ2v) is 9.19. The molecule has 36 heavy (non-hydrogen) atoms. The monoisotopic (exact) mass is 609 g/mol. The van der Waals surface area contributed by atoms with E-state index < -0.39 is 11.9 Å².